The fourth-order valence-corrected chi connectivity index (χ4v) is 5.53. The van der Waals surface area contributed by atoms with E-state index in [4.69, 9.17) is 0 Å². The van der Waals surface area contributed by atoms with Gasteiger partial charge in [0.25, 0.3) is 0 Å². The van der Waals surface area contributed by atoms with Crippen LogP contribution in [0.25, 0.3) is 0 Å². The molecule has 3 atom stereocenters. The molecule has 0 aromatic rings. The third-order valence-corrected chi connectivity index (χ3v) is 7.57. The van der Waals surface area contributed by atoms with Crippen molar-refractivity contribution < 1.29 is 0 Å². The quantitative estimate of drug-likeness (QED) is 0.467. The molecule has 2 aliphatic carbocycles. The second kappa shape index (κ2) is 12.7. The highest BCUT2D eigenvalue weighted by Gasteiger charge is 2.28. The fourth-order valence-electron chi connectivity index (χ4n) is 5.53. The number of unbranched alkanes of at least 4 members (excludes halogenated alkanes) is 2. The first kappa shape index (κ1) is 22.7. The van der Waals surface area contributed by atoms with Gasteiger partial charge in [0.15, 0.2) is 0 Å². The molecule has 2 heteroatoms. The highest BCUT2D eigenvalue weighted by atomic mass is 15.1. The van der Waals surface area contributed by atoms with Crippen LogP contribution in [0.15, 0.2) is 0 Å². The average molecular weight is 397 g/mol. The van der Waals surface area contributed by atoms with Gasteiger partial charge in [0.1, 0.15) is 0 Å². The summed E-state index contributed by atoms with van der Waals surface area (Å²) in [6, 6.07) is 0. The zero-order valence-electron chi connectivity index (χ0n) is 19.1. The molecule has 29 heavy (non-hydrogen) atoms. The standard InChI is InChI=1S/C27H44N2/c1-3-5-6-7-22-8-10-23(11-9-22)12-13-24-14-16-27(26(4-2)18-24)17-15-25-19-28-21-29-20-25/h22-29H,3-11,14,16,18-21H2,1-2H3. The molecule has 0 spiro atoms. The van der Waals surface area contributed by atoms with E-state index in [1.807, 2.05) is 0 Å². The van der Waals surface area contributed by atoms with Crippen LogP contribution in [-0.2, 0) is 0 Å². The molecule has 3 fully saturated rings. The van der Waals surface area contributed by atoms with Crippen LogP contribution >= 0.6 is 0 Å². The van der Waals surface area contributed by atoms with Gasteiger partial charge in [-0.25, -0.2) is 0 Å². The van der Waals surface area contributed by atoms with Gasteiger partial charge in [0.2, 0.25) is 0 Å². The lowest BCUT2D eigenvalue weighted by Crippen LogP contribution is -2.43. The second-order valence-electron chi connectivity index (χ2n) is 9.86. The van der Waals surface area contributed by atoms with Gasteiger partial charge in [0.05, 0.1) is 0 Å². The van der Waals surface area contributed by atoms with Crippen LogP contribution < -0.4 is 10.6 Å². The highest BCUT2D eigenvalue weighted by Crippen LogP contribution is 2.36. The third kappa shape index (κ3) is 7.66. The van der Waals surface area contributed by atoms with E-state index in [0.29, 0.717) is 23.7 Å². The number of rotatable bonds is 5. The summed E-state index contributed by atoms with van der Waals surface area (Å²) < 4.78 is 0. The minimum absolute atomic E-state index is 0.482. The van der Waals surface area contributed by atoms with Crippen molar-refractivity contribution in [2.45, 2.75) is 90.9 Å². The Morgan fingerprint density at radius 1 is 0.724 bits per heavy atom. The Morgan fingerprint density at radius 3 is 2.14 bits per heavy atom. The van der Waals surface area contributed by atoms with E-state index < -0.39 is 0 Å². The summed E-state index contributed by atoms with van der Waals surface area (Å²) >= 11 is 0. The van der Waals surface area contributed by atoms with Crippen LogP contribution in [0.5, 0.6) is 0 Å². The molecule has 1 saturated heterocycles. The Hall–Kier alpha value is -0.960. The van der Waals surface area contributed by atoms with Crippen molar-refractivity contribution in [1.82, 2.24) is 10.6 Å². The maximum atomic E-state index is 3.73. The molecule has 0 aromatic carbocycles. The van der Waals surface area contributed by atoms with Crippen molar-refractivity contribution in [2.24, 2.45) is 35.5 Å². The second-order valence-corrected chi connectivity index (χ2v) is 9.86. The third-order valence-electron chi connectivity index (χ3n) is 7.57. The van der Waals surface area contributed by atoms with E-state index >= 15 is 0 Å². The van der Waals surface area contributed by atoms with Crippen LogP contribution in [-0.4, -0.2) is 19.8 Å². The smallest absolute Gasteiger partial charge is 0.0455 e. The predicted molar refractivity (Wildman–Crippen MR) is 124 cm³/mol. The molecule has 2 nitrogen and oxygen atoms in total. The minimum Gasteiger partial charge on any atom is -0.303 e. The van der Waals surface area contributed by atoms with Crippen LogP contribution in [0, 0.1) is 59.2 Å². The molecule has 2 saturated carbocycles. The topological polar surface area (TPSA) is 24.1 Å². The Morgan fingerprint density at radius 2 is 1.41 bits per heavy atom. The molecule has 1 heterocycles. The van der Waals surface area contributed by atoms with Gasteiger partial charge in [-0.2, -0.15) is 0 Å². The summed E-state index contributed by atoms with van der Waals surface area (Å²) in [5.74, 6) is 18.8. The van der Waals surface area contributed by atoms with E-state index in [-0.39, 0.29) is 0 Å². The molecule has 0 aromatic heterocycles. The van der Waals surface area contributed by atoms with Crippen LogP contribution in [0.1, 0.15) is 90.9 Å². The fraction of sp³-hybridized carbons (Fsp3) is 0.852. The predicted octanol–water partition coefficient (Wildman–Crippen LogP) is 5.59. The first-order valence-corrected chi connectivity index (χ1v) is 12.7. The molecule has 0 bridgehead atoms. The molecule has 3 aliphatic rings. The number of hydrogen-bond acceptors (Lipinski definition) is 2. The van der Waals surface area contributed by atoms with Gasteiger partial charge in [0, 0.05) is 43.4 Å². The van der Waals surface area contributed by atoms with Crippen molar-refractivity contribution in [3.63, 3.8) is 0 Å². The van der Waals surface area contributed by atoms with E-state index in [2.05, 4.69) is 48.2 Å². The summed E-state index contributed by atoms with van der Waals surface area (Å²) in [6.45, 7) is 7.66. The van der Waals surface area contributed by atoms with Gasteiger partial charge in [-0.1, -0.05) is 69.6 Å². The zero-order chi connectivity index (χ0) is 20.3. The summed E-state index contributed by atoms with van der Waals surface area (Å²) in [5, 5.41) is 6.77. The lowest BCUT2D eigenvalue weighted by Gasteiger charge is -2.31. The Balaban J connectivity index is 1.42. The molecular weight excluding hydrogens is 352 g/mol. The lowest BCUT2D eigenvalue weighted by atomic mass is 9.73. The maximum Gasteiger partial charge on any atom is 0.0455 e. The van der Waals surface area contributed by atoms with Crippen LogP contribution in [0.2, 0.25) is 0 Å². The van der Waals surface area contributed by atoms with Crippen molar-refractivity contribution in [1.29, 1.82) is 0 Å². The normalized spacial score (nSPS) is 33.2. The van der Waals surface area contributed by atoms with E-state index in [9.17, 15) is 0 Å². The molecule has 0 amide bonds. The highest BCUT2D eigenvalue weighted by molar-refractivity contribution is 5.14. The average Bonchev–Trinajstić information content (AvgIpc) is 2.78. The van der Waals surface area contributed by atoms with E-state index in [1.165, 1.54) is 77.0 Å². The first-order valence-electron chi connectivity index (χ1n) is 12.7. The maximum absolute atomic E-state index is 3.73. The number of hydrogen-bond donors (Lipinski definition) is 2. The SMILES string of the molecule is CCCCCC1CCC(C#CC2CCC(C#CC3CNCNC3)C(CC)C2)CC1. The van der Waals surface area contributed by atoms with Gasteiger partial charge >= 0.3 is 0 Å². The largest absolute Gasteiger partial charge is 0.303 e. The monoisotopic (exact) mass is 396 g/mol. The zero-order valence-corrected chi connectivity index (χ0v) is 19.1. The van der Waals surface area contributed by atoms with Gasteiger partial charge in [-0.3, -0.25) is 0 Å². The Kier molecular flexibility index (Phi) is 9.93. The van der Waals surface area contributed by atoms with Crippen LogP contribution in [0.3, 0.4) is 0 Å². The lowest BCUT2D eigenvalue weighted by molar-refractivity contribution is 0.247. The van der Waals surface area contributed by atoms with Crippen molar-refractivity contribution in [3.05, 3.63) is 0 Å². The summed E-state index contributed by atoms with van der Waals surface area (Å²) in [4.78, 5) is 0. The summed E-state index contributed by atoms with van der Waals surface area (Å²) in [6.07, 6.45) is 16.3. The molecular formula is C27H44N2. The Labute approximate surface area is 180 Å². The molecule has 3 rings (SSSR count). The summed E-state index contributed by atoms with van der Waals surface area (Å²) in [7, 11) is 0. The van der Waals surface area contributed by atoms with Crippen LogP contribution in [0.4, 0.5) is 0 Å². The molecule has 162 valence electrons. The van der Waals surface area contributed by atoms with Gasteiger partial charge in [-0.05, 0) is 56.8 Å². The summed E-state index contributed by atoms with van der Waals surface area (Å²) in [5.41, 5.74) is 0. The molecule has 3 unspecified atom stereocenters. The number of nitrogens with one attached hydrogen (secondary N) is 2. The molecule has 1 aliphatic heterocycles. The minimum atomic E-state index is 0.482. The first-order chi connectivity index (χ1) is 14.3. The van der Waals surface area contributed by atoms with Gasteiger partial charge < -0.3 is 10.6 Å². The van der Waals surface area contributed by atoms with E-state index in [0.717, 1.165) is 31.6 Å². The van der Waals surface area contributed by atoms with Crippen molar-refractivity contribution >= 4 is 0 Å². The molecule has 2 N–H and O–H groups in total. The van der Waals surface area contributed by atoms with Crippen molar-refractivity contribution in [2.75, 3.05) is 19.8 Å². The van der Waals surface area contributed by atoms with Gasteiger partial charge in [-0.15, -0.1) is 0 Å². The Bertz CT molecular complexity index is 575. The molecule has 0 radical (unpaired) electrons. The van der Waals surface area contributed by atoms with E-state index in [1.54, 1.807) is 0 Å². The van der Waals surface area contributed by atoms with Crippen molar-refractivity contribution in [3.8, 4) is 23.7 Å².